The van der Waals surface area contributed by atoms with Crippen molar-refractivity contribution in [1.82, 2.24) is 20.0 Å². The molecule has 33 heavy (non-hydrogen) atoms. The van der Waals surface area contributed by atoms with E-state index in [-0.39, 0.29) is 11.5 Å². The van der Waals surface area contributed by atoms with Crippen LogP contribution in [0, 0.1) is 0 Å². The van der Waals surface area contributed by atoms with E-state index in [0.717, 1.165) is 0 Å². The van der Waals surface area contributed by atoms with E-state index in [2.05, 4.69) is 25.9 Å². The summed E-state index contributed by atoms with van der Waals surface area (Å²) in [5.74, 6) is 0.214. The molecule has 0 fully saturated rings. The molecular formula is C22H25FN6O4. The molecule has 11 heteroatoms. The summed E-state index contributed by atoms with van der Waals surface area (Å²) in [6.07, 6.45) is -1.10. The smallest absolute Gasteiger partial charge is 0.413 e. The van der Waals surface area contributed by atoms with Crippen LogP contribution >= 0.6 is 0 Å². The van der Waals surface area contributed by atoms with Crippen LogP contribution in [0.1, 0.15) is 32.4 Å². The maximum Gasteiger partial charge on any atom is 0.413 e. The van der Waals surface area contributed by atoms with E-state index in [0.29, 0.717) is 16.9 Å². The zero-order chi connectivity index (χ0) is 24.0. The molecule has 2 aromatic heterocycles. The minimum absolute atomic E-state index is 0.214. The normalized spacial score (nSPS) is 12.0. The van der Waals surface area contributed by atoms with Crippen LogP contribution in [0.5, 0.6) is 0 Å². The van der Waals surface area contributed by atoms with Gasteiger partial charge in [-0.3, -0.25) is 15.6 Å². The van der Waals surface area contributed by atoms with Crippen molar-refractivity contribution >= 4 is 23.7 Å². The molecule has 0 saturated heterocycles. The Balaban J connectivity index is 1.70. The molecule has 0 radical (unpaired) electrons. The lowest BCUT2D eigenvalue weighted by Crippen LogP contribution is -2.27. The first-order valence-electron chi connectivity index (χ1n) is 10.1. The number of aryl methyl sites for hydroxylation is 1. The fraction of sp³-hybridized carbons (Fsp3) is 0.318. The third-order valence-electron chi connectivity index (χ3n) is 4.26. The van der Waals surface area contributed by atoms with Crippen LogP contribution in [0.15, 0.2) is 48.7 Å². The largest absolute Gasteiger partial charge is 0.444 e. The molecule has 1 atom stereocenters. The highest BCUT2D eigenvalue weighted by Crippen LogP contribution is 2.25. The third-order valence-corrected chi connectivity index (χ3v) is 4.26. The molecule has 2 N–H and O–H groups in total. The summed E-state index contributed by atoms with van der Waals surface area (Å²) in [5, 5.41) is 13.1. The molecule has 0 aliphatic rings. The van der Waals surface area contributed by atoms with Crippen LogP contribution < -0.4 is 10.6 Å². The molecule has 3 aromatic rings. The monoisotopic (exact) mass is 456 g/mol. The number of carbonyl (C=O) groups excluding carboxylic acids is 2. The van der Waals surface area contributed by atoms with Gasteiger partial charge in [0.1, 0.15) is 12.3 Å². The van der Waals surface area contributed by atoms with Crippen molar-refractivity contribution in [2.75, 3.05) is 17.3 Å². The van der Waals surface area contributed by atoms with Gasteiger partial charge in [-0.05, 0) is 38.5 Å². The fourth-order valence-electron chi connectivity index (χ4n) is 2.81. The number of pyridine rings is 1. The second kappa shape index (κ2) is 10.1. The van der Waals surface area contributed by atoms with Gasteiger partial charge in [-0.1, -0.05) is 35.5 Å². The van der Waals surface area contributed by atoms with Crippen molar-refractivity contribution < 1.29 is 23.5 Å². The molecule has 0 aliphatic carbocycles. The predicted molar refractivity (Wildman–Crippen MR) is 119 cm³/mol. The van der Waals surface area contributed by atoms with Gasteiger partial charge in [0.25, 0.3) is 0 Å². The molecule has 1 aromatic carbocycles. The first-order chi connectivity index (χ1) is 15.7. The molecule has 0 aliphatic heterocycles. The summed E-state index contributed by atoms with van der Waals surface area (Å²) in [6.45, 7) is 4.41. The highest BCUT2D eigenvalue weighted by Gasteiger charge is 2.21. The Hall–Kier alpha value is -4.02. The number of nitrogens with zero attached hydrogens (tertiary/aromatic N) is 4. The minimum Gasteiger partial charge on any atom is -0.444 e. The summed E-state index contributed by atoms with van der Waals surface area (Å²) < 4.78 is 25.2. The Morgan fingerprint density at radius 2 is 1.82 bits per heavy atom. The van der Waals surface area contributed by atoms with Crippen molar-refractivity contribution in [3.63, 3.8) is 0 Å². The number of halogens is 1. The number of nitrogens with one attached hydrogen (secondary N) is 2. The predicted octanol–water partition coefficient (Wildman–Crippen LogP) is 4.48. The van der Waals surface area contributed by atoms with Crippen LogP contribution in [0.2, 0.25) is 0 Å². The Morgan fingerprint density at radius 1 is 1.09 bits per heavy atom. The zero-order valence-corrected chi connectivity index (χ0v) is 18.7. The molecule has 3 rings (SSSR count). The standard InChI is InChI=1S/C22H25FN6O4/c1-22(2,3)33-21(31)25-15-10-11-16(24-13-15)18-19(29(4)28-27-18)26-20(30)32-17(12-23)14-8-6-5-7-9-14/h5-11,13,17H,12H2,1-4H3,(H,25,31)(H,26,30)/t17-/m1/s1. The maximum atomic E-state index is 13.4. The van der Waals surface area contributed by atoms with Gasteiger partial charge in [-0.15, -0.1) is 5.10 Å². The average Bonchev–Trinajstić information content (AvgIpc) is 3.12. The van der Waals surface area contributed by atoms with Gasteiger partial charge in [0.05, 0.1) is 17.6 Å². The van der Waals surface area contributed by atoms with Gasteiger partial charge in [0, 0.05) is 7.05 Å². The second-order valence-corrected chi connectivity index (χ2v) is 8.05. The number of amides is 2. The van der Waals surface area contributed by atoms with Gasteiger partial charge < -0.3 is 9.47 Å². The number of rotatable bonds is 6. The fourth-order valence-corrected chi connectivity index (χ4v) is 2.81. The highest BCUT2D eigenvalue weighted by atomic mass is 19.1. The van der Waals surface area contributed by atoms with Crippen LogP contribution in [0.3, 0.4) is 0 Å². The van der Waals surface area contributed by atoms with E-state index in [1.54, 1.807) is 70.3 Å². The van der Waals surface area contributed by atoms with Gasteiger partial charge in [0.2, 0.25) is 0 Å². The number of aromatic nitrogens is 4. The van der Waals surface area contributed by atoms with Crippen LogP contribution in [-0.4, -0.2) is 44.4 Å². The Bertz CT molecular complexity index is 1100. The van der Waals surface area contributed by atoms with E-state index < -0.39 is 30.6 Å². The number of benzene rings is 1. The van der Waals surface area contributed by atoms with E-state index in [1.165, 1.54) is 10.9 Å². The molecule has 2 heterocycles. The molecular weight excluding hydrogens is 431 g/mol. The van der Waals surface area contributed by atoms with E-state index in [1.807, 2.05) is 0 Å². The summed E-state index contributed by atoms with van der Waals surface area (Å²) in [5.41, 5.74) is 0.981. The van der Waals surface area contributed by atoms with Gasteiger partial charge in [-0.2, -0.15) is 0 Å². The number of hydrogen-bond donors (Lipinski definition) is 2. The van der Waals surface area contributed by atoms with Crippen LogP contribution in [-0.2, 0) is 16.5 Å². The number of hydrogen-bond acceptors (Lipinski definition) is 7. The summed E-state index contributed by atoms with van der Waals surface area (Å²) in [7, 11) is 1.58. The molecule has 174 valence electrons. The Morgan fingerprint density at radius 3 is 2.42 bits per heavy atom. The molecule has 2 amide bonds. The number of anilines is 2. The van der Waals surface area contributed by atoms with Crippen LogP contribution in [0.4, 0.5) is 25.5 Å². The molecule has 0 unspecified atom stereocenters. The topological polar surface area (TPSA) is 120 Å². The average molecular weight is 456 g/mol. The molecule has 0 spiro atoms. The second-order valence-electron chi connectivity index (χ2n) is 8.05. The van der Waals surface area contributed by atoms with Crippen LogP contribution in [0.25, 0.3) is 11.4 Å². The molecule has 10 nitrogen and oxygen atoms in total. The van der Waals surface area contributed by atoms with Gasteiger partial charge in [0.15, 0.2) is 17.6 Å². The first-order valence-corrected chi connectivity index (χ1v) is 10.1. The minimum atomic E-state index is -1.05. The highest BCUT2D eigenvalue weighted by molar-refractivity contribution is 5.88. The van der Waals surface area contributed by atoms with E-state index in [9.17, 15) is 14.0 Å². The summed E-state index contributed by atoms with van der Waals surface area (Å²) in [6, 6.07) is 11.8. The summed E-state index contributed by atoms with van der Waals surface area (Å²) in [4.78, 5) is 28.6. The number of alkyl halides is 1. The van der Waals surface area contributed by atoms with Crippen molar-refractivity contribution in [1.29, 1.82) is 0 Å². The lowest BCUT2D eigenvalue weighted by atomic mass is 10.1. The van der Waals surface area contributed by atoms with Crippen molar-refractivity contribution in [2.45, 2.75) is 32.5 Å². The van der Waals surface area contributed by atoms with E-state index >= 15 is 0 Å². The van der Waals surface area contributed by atoms with Gasteiger partial charge in [-0.25, -0.2) is 18.7 Å². The number of ether oxygens (including phenoxy) is 2. The first kappa shape index (κ1) is 23.6. The lowest BCUT2D eigenvalue weighted by Gasteiger charge is -2.19. The quantitative estimate of drug-likeness (QED) is 0.561. The van der Waals surface area contributed by atoms with Gasteiger partial charge >= 0.3 is 12.2 Å². The third kappa shape index (κ3) is 6.48. The molecule has 0 bridgehead atoms. The Labute approximate surface area is 190 Å². The SMILES string of the molecule is Cn1nnc(-c2ccc(NC(=O)OC(C)(C)C)cn2)c1NC(=O)O[C@H](CF)c1ccccc1. The Kier molecular flexibility index (Phi) is 7.21. The van der Waals surface area contributed by atoms with Crippen molar-refractivity contribution in [2.24, 2.45) is 7.05 Å². The van der Waals surface area contributed by atoms with E-state index in [4.69, 9.17) is 9.47 Å². The van der Waals surface area contributed by atoms with Crippen molar-refractivity contribution in [3.8, 4) is 11.4 Å². The lowest BCUT2D eigenvalue weighted by molar-refractivity contribution is 0.0635. The maximum absolute atomic E-state index is 13.4. The zero-order valence-electron chi connectivity index (χ0n) is 18.7. The van der Waals surface area contributed by atoms with Crippen molar-refractivity contribution in [3.05, 3.63) is 54.2 Å². The molecule has 0 saturated carbocycles. The number of carbonyl (C=O) groups is 2. The summed E-state index contributed by atoms with van der Waals surface area (Å²) >= 11 is 0.